The van der Waals surface area contributed by atoms with E-state index in [1.165, 1.54) is 0 Å². The van der Waals surface area contributed by atoms with Gasteiger partial charge in [-0.15, -0.1) is 0 Å². The maximum atomic E-state index is 13.2. The molecular formula is C21H24N4O4. The standard InChI is InChI=1S/C21H24N4O4/c22-8-12-6-14-7-13(12)10-24(14)9-11-2-1-3-15-18(11)21(29)25(20(15)28)16-4-5-17(26)23-19(16)27/h1-3,12-14,16H,4-10,22H2,(H,23,26,27)/t12-,13-,14+,16?/m0/s1. The van der Waals surface area contributed by atoms with Gasteiger partial charge in [-0.2, -0.15) is 0 Å². The topological polar surface area (TPSA) is 113 Å². The van der Waals surface area contributed by atoms with Gasteiger partial charge in [-0.3, -0.25) is 34.3 Å². The van der Waals surface area contributed by atoms with Crippen molar-refractivity contribution in [3.8, 4) is 0 Å². The number of carbonyl (C=O) groups is 4. The van der Waals surface area contributed by atoms with Gasteiger partial charge in [0.25, 0.3) is 11.8 Å². The number of carbonyl (C=O) groups excluding carboxylic acids is 4. The number of amides is 4. The molecular weight excluding hydrogens is 372 g/mol. The van der Waals surface area contributed by atoms with E-state index >= 15 is 0 Å². The molecule has 4 amide bonds. The fraction of sp³-hybridized carbons (Fsp3) is 0.524. The second-order valence-corrected chi connectivity index (χ2v) is 8.60. The molecule has 3 fully saturated rings. The first-order chi connectivity index (χ1) is 14.0. The Bertz CT molecular complexity index is 929. The summed E-state index contributed by atoms with van der Waals surface area (Å²) in [6, 6.07) is 4.88. The third-order valence-corrected chi connectivity index (χ3v) is 7.03. The Morgan fingerprint density at radius 2 is 1.93 bits per heavy atom. The van der Waals surface area contributed by atoms with Crippen LogP contribution in [-0.4, -0.2) is 58.6 Å². The molecule has 3 heterocycles. The minimum atomic E-state index is -0.930. The molecule has 8 nitrogen and oxygen atoms in total. The Hall–Kier alpha value is -2.58. The first kappa shape index (κ1) is 18.4. The Morgan fingerprint density at radius 1 is 1.10 bits per heavy atom. The van der Waals surface area contributed by atoms with Gasteiger partial charge in [0.15, 0.2) is 0 Å². The largest absolute Gasteiger partial charge is 0.330 e. The van der Waals surface area contributed by atoms with Crippen molar-refractivity contribution in [3.05, 3.63) is 34.9 Å². The molecule has 4 atom stereocenters. The molecule has 2 bridgehead atoms. The third kappa shape index (κ3) is 2.81. The van der Waals surface area contributed by atoms with Gasteiger partial charge in [0.1, 0.15) is 6.04 Å². The van der Waals surface area contributed by atoms with Crippen LogP contribution in [0.4, 0.5) is 0 Å². The van der Waals surface area contributed by atoms with Crippen LogP contribution in [-0.2, 0) is 16.1 Å². The zero-order valence-corrected chi connectivity index (χ0v) is 16.1. The highest BCUT2D eigenvalue weighted by Crippen LogP contribution is 2.42. The highest BCUT2D eigenvalue weighted by molar-refractivity contribution is 6.24. The molecule has 5 rings (SSSR count). The van der Waals surface area contributed by atoms with Crippen LogP contribution in [0, 0.1) is 11.8 Å². The van der Waals surface area contributed by atoms with Crippen molar-refractivity contribution in [2.24, 2.45) is 17.6 Å². The van der Waals surface area contributed by atoms with Crippen LogP contribution >= 0.6 is 0 Å². The van der Waals surface area contributed by atoms with Crippen molar-refractivity contribution in [3.63, 3.8) is 0 Å². The minimum Gasteiger partial charge on any atom is -0.330 e. The van der Waals surface area contributed by atoms with Gasteiger partial charge < -0.3 is 5.73 Å². The number of rotatable bonds is 4. The Labute approximate surface area is 168 Å². The second kappa shape index (κ2) is 6.74. The maximum absolute atomic E-state index is 13.2. The van der Waals surface area contributed by atoms with Gasteiger partial charge in [0.2, 0.25) is 11.8 Å². The van der Waals surface area contributed by atoms with E-state index in [9.17, 15) is 19.2 Å². The quantitative estimate of drug-likeness (QED) is 0.706. The van der Waals surface area contributed by atoms with Crippen LogP contribution in [0.1, 0.15) is 52.0 Å². The van der Waals surface area contributed by atoms with Gasteiger partial charge in [-0.1, -0.05) is 12.1 Å². The first-order valence-electron chi connectivity index (χ1n) is 10.3. The number of nitrogens with two attached hydrogens (primary N) is 1. The molecule has 8 heteroatoms. The van der Waals surface area contributed by atoms with Crippen LogP contribution in [0.2, 0.25) is 0 Å². The molecule has 2 saturated heterocycles. The lowest BCUT2D eigenvalue weighted by Crippen LogP contribution is -2.54. The highest BCUT2D eigenvalue weighted by Gasteiger charge is 2.47. The molecule has 0 aromatic heterocycles. The smallest absolute Gasteiger partial charge is 0.262 e. The molecule has 4 aliphatic rings. The number of nitrogens with zero attached hydrogens (tertiary/aromatic N) is 2. The number of nitrogens with one attached hydrogen (secondary N) is 1. The number of piperidine rings is 2. The fourth-order valence-corrected chi connectivity index (χ4v) is 5.57. The molecule has 3 aliphatic heterocycles. The number of benzene rings is 1. The van der Waals surface area contributed by atoms with Gasteiger partial charge in [-0.05, 0) is 49.3 Å². The van der Waals surface area contributed by atoms with E-state index in [1.54, 1.807) is 12.1 Å². The molecule has 0 radical (unpaired) electrons. The van der Waals surface area contributed by atoms with Crippen LogP contribution in [0.15, 0.2) is 18.2 Å². The summed E-state index contributed by atoms with van der Waals surface area (Å²) in [4.78, 5) is 53.2. The monoisotopic (exact) mass is 396 g/mol. The lowest BCUT2D eigenvalue weighted by atomic mass is 9.94. The van der Waals surface area contributed by atoms with Crippen molar-refractivity contribution < 1.29 is 19.2 Å². The van der Waals surface area contributed by atoms with Crippen LogP contribution in [0.3, 0.4) is 0 Å². The van der Waals surface area contributed by atoms with Gasteiger partial charge in [0, 0.05) is 25.6 Å². The highest BCUT2D eigenvalue weighted by atomic mass is 16.2. The predicted molar refractivity (Wildman–Crippen MR) is 103 cm³/mol. The number of imide groups is 2. The van der Waals surface area contributed by atoms with E-state index in [2.05, 4.69) is 10.2 Å². The van der Waals surface area contributed by atoms with Gasteiger partial charge in [-0.25, -0.2) is 0 Å². The van der Waals surface area contributed by atoms with Crippen LogP contribution < -0.4 is 11.1 Å². The van der Waals surface area contributed by atoms with Crippen molar-refractivity contribution in [2.75, 3.05) is 13.1 Å². The summed E-state index contributed by atoms with van der Waals surface area (Å²) in [5, 5.41) is 2.23. The molecule has 152 valence electrons. The predicted octanol–water partition coefficient (Wildman–Crippen LogP) is 0.257. The second-order valence-electron chi connectivity index (χ2n) is 8.60. The molecule has 1 aromatic carbocycles. The molecule has 29 heavy (non-hydrogen) atoms. The zero-order chi connectivity index (χ0) is 20.3. The van der Waals surface area contributed by atoms with E-state index in [0.717, 1.165) is 36.4 Å². The fourth-order valence-electron chi connectivity index (χ4n) is 5.57. The van der Waals surface area contributed by atoms with Crippen molar-refractivity contribution >= 4 is 23.6 Å². The van der Waals surface area contributed by atoms with Crippen molar-refractivity contribution in [1.29, 1.82) is 0 Å². The summed E-state index contributed by atoms with van der Waals surface area (Å²) >= 11 is 0. The first-order valence-corrected chi connectivity index (χ1v) is 10.3. The molecule has 1 aromatic rings. The van der Waals surface area contributed by atoms with E-state index in [-0.39, 0.29) is 18.7 Å². The minimum absolute atomic E-state index is 0.121. The zero-order valence-electron chi connectivity index (χ0n) is 16.1. The van der Waals surface area contributed by atoms with Gasteiger partial charge >= 0.3 is 0 Å². The molecule has 1 saturated carbocycles. The normalized spacial score (nSPS) is 31.6. The summed E-state index contributed by atoms with van der Waals surface area (Å²) < 4.78 is 0. The number of fused-ring (bicyclic) bond motifs is 3. The lowest BCUT2D eigenvalue weighted by molar-refractivity contribution is -0.136. The molecule has 1 unspecified atom stereocenters. The Morgan fingerprint density at radius 3 is 2.62 bits per heavy atom. The lowest BCUT2D eigenvalue weighted by Gasteiger charge is -2.31. The number of hydrogen-bond donors (Lipinski definition) is 2. The average Bonchev–Trinajstić information content (AvgIpc) is 3.35. The summed E-state index contributed by atoms with van der Waals surface area (Å²) in [6.07, 6.45) is 2.52. The van der Waals surface area contributed by atoms with Crippen LogP contribution in [0.5, 0.6) is 0 Å². The maximum Gasteiger partial charge on any atom is 0.262 e. The van der Waals surface area contributed by atoms with Gasteiger partial charge in [0.05, 0.1) is 11.1 Å². The van der Waals surface area contributed by atoms with E-state index in [1.807, 2.05) is 6.07 Å². The van der Waals surface area contributed by atoms with Crippen molar-refractivity contribution in [2.45, 2.75) is 44.3 Å². The SMILES string of the molecule is NC[C@@H]1C[C@@H]2C[C@H]1CN2Cc1cccc2c1C(=O)N(C1CCC(=O)NC1=O)C2=O. The summed E-state index contributed by atoms with van der Waals surface area (Å²) in [6.45, 7) is 2.31. The number of likely N-dealkylation sites (tertiary alicyclic amines) is 1. The Kier molecular flexibility index (Phi) is 4.29. The van der Waals surface area contributed by atoms with E-state index in [4.69, 9.17) is 5.73 Å². The van der Waals surface area contributed by atoms with Crippen LogP contribution in [0.25, 0.3) is 0 Å². The molecule has 1 aliphatic carbocycles. The summed E-state index contributed by atoms with van der Waals surface area (Å²) in [7, 11) is 0. The average molecular weight is 396 g/mol. The molecule has 0 spiro atoms. The number of hydrogen-bond acceptors (Lipinski definition) is 6. The van der Waals surface area contributed by atoms with E-state index < -0.39 is 23.8 Å². The molecule has 3 N–H and O–H groups in total. The third-order valence-electron chi connectivity index (χ3n) is 7.03. The summed E-state index contributed by atoms with van der Waals surface area (Å²) in [5.41, 5.74) is 7.45. The van der Waals surface area contributed by atoms with E-state index in [0.29, 0.717) is 35.5 Å². The Balaban J connectivity index is 1.40. The summed E-state index contributed by atoms with van der Waals surface area (Å²) in [5.74, 6) is -0.639. The van der Waals surface area contributed by atoms with Crippen molar-refractivity contribution in [1.82, 2.24) is 15.1 Å².